The molecule has 1 aliphatic rings. The molecule has 1 heterocycles. The van der Waals surface area contributed by atoms with Gasteiger partial charge in [-0.05, 0) is 6.92 Å². The van der Waals surface area contributed by atoms with Crippen LogP contribution >= 0.6 is 0 Å². The highest BCUT2D eigenvalue weighted by Crippen LogP contribution is 2.08. The van der Waals surface area contributed by atoms with Crippen LogP contribution in [0.15, 0.2) is 0 Å². The molecule has 1 aliphatic heterocycles. The molecule has 17 heavy (non-hydrogen) atoms. The first-order chi connectivity index (χ1) is 8.01. The normalized spacial score (nSPS) is 18.1. The summed E-state index contributed by atoms with van der Waals surface area (Å²) in [5.74, 6) is -0.0492. The van der Waals surface area contributed by atoms with E-state index < -0.39 is 10.0 Å². The van der Waals surface area contributed by atoms with Crippen molar-refractivity contribution in [3.8, 4) is 0 Å². The first-order valence-electron chi connectivity index (χ1n) is 5.61. The van der Waals surface area contributed by atoms with Gasteiger partial charge in [0.05, 0.1) is 12.4 Å². The van der Waals surface area contributed by atoms with Crippen LogP contribution in [0.5, 0.6) is 0 Å². The van der Waals surface area contributed by atoms with Crippen molar-refractivity contribution in [2.75, 3.05) is 45.1 Å². The molecule has 0 saturated carbocycles. The molecule has 0 bridgehead atoms. The molecule has 1 rings (SSSR count). The molecule has 0 aromatic heterocycles. The van der Waals surface area contributed by atoms with Gasteiger partial charge in [0, 0.05) is 32.7 Å². The summed E-state index contributed by atoms with van der Waals surface area (Å²) < 4.78 is 29.6. The third-order valence-corrected chi connectivity index (χ3v) is 4.44. The van der Waals surface area contributed by atoms with Crippen LogP contribution < -0.4 is 5.73 Å². The smallest absolute Gasteiger partial charge is 0.409 e. The largest absolute Gasteiger partial charge is 0.450 e. The molecule has 1 amide bonds. The van der Waals surface area contributed by atoms with E-state index >= 15 is 0 Å². The van der Waals surface area contributed by atoms with Crippen LogP contribution in [0.3, 0.4) is 0 Å². The quantitative estimate of drug-likeness (QED) is 0.707. The van der Waals surface area contributed by atoms with Gasteiger partial charge in [-0.2, -0.15) is 4.31 Å². The highest BCUT2D eigenvalue weighted by Gasteiger charge is 2.28. The Kier molecular flexibility index (Phi) is 5.16. The van der Waals surface area contributed by atoms with E-state index in [0.29, 0.717) is 32.8 Å². The van der Waals surface area contributed by atoms with Crippen molar-refractivity contribution in [3.63, 3.8) is 0 Å². The Bertz CT molecular complexity index is 349. The topological polar surface area (TPSA) is 92.9 Å². The van der Waals surface area contributed by atoms with E-state index in [9.17, 15) is 13.2 Å². The Morgan fingerprint density at radius 1 is 1.29 bits per heavy atom. The van der Waals surface area contributed by atoms with Crippen molar-refractivity contribution in [2.24, 2.45) is 5.73 Å². The maximum atomic E-state index is 11.7. The summed E-state index contributed by atoms with van der Waals surface area (Å²) >= 11 is 0. The summed E-state index contributed by atoms with van der Waals surface area (Å²) in [4.78, 5) is 12.9. The summed E-state index contributed by atoms with van der Waals surface area (Å²) in [6, 6.07) is 0. The standard InChI is InChI=1S/C9H19N3O4S/c1-2-16-9(13)11-4-6-12(7-5-11)17(14,15)8-3-10/h2-8,10H2,1H3. The predicted molar refractivity (Wildman–Crippen MR) is 63.0 cm³/mol. The van der Waals surface area contributed by atoms with Gasteiger partial charge >= 0.3 is 6.09 Å². The van der Waals surface area contributed by atoms with Crippen molar-refractivity contribution in [2.45, 2.75) is 6.92 Å². The maximum absolute atomic E-state index is 11.7. The molecule has 7 nitrogen and oxygen atoms in total. The number of hydrogen-bond donors (Lipinski definition) is 1. The maximum Gasteiger partial charge on any atom is 0.409 e. The lowest BCUT2D eigenvalue weighted by molar-refractivity contribution is 0.0934. The Hall–Kier alpha value is -0.860. The second kappa shape index (κ2) is 6.18. The molecular weight excluding hydrogens is 246 g/mol. The van der Waals surface area contributed by atoms with Gasteiger partial charge in [-0.1, -0.05) is 0 Å². The highest BCUT2D eigenvalue weighted by atomic mass is 32.2. The number of nitrogens with two attached hydrogens (primary N) is 1. The summed E-state index contributed by atoms with van der Waals surface area (Å²) in [5, 5.41) is 0. The van der Waals surface area contributed by atoms with Crippen LogP contribution in [0, 0.1) is 0 Å². The van der Waals surface area contributed by atoms with Crippen molar-refractivity contribution >= 4 is 16.1 Å². The predicted octanol–water partition coefficient (Wildman–Crippen LogP) is -0.951. The molecule has 0 radical (unpaired) electrons. The lowest BCUT2D eigenvalue weighted by Gasteiger charge is -2.33. The van der Waals surface area contributed by atoms with Crippen molar-refractivity contribution in [1.82, 2.24) is 9.21 Å². The Balaban J connectivity index is 2.48. The van der Waals surface area contributed by atoms with Gasteiger partial charge < -0.3 is 15.4 Å². The average Bonchev–Trinajstić information content (AvgIpc) is 2.29. The number of hydrogen-bond acceptors (Lipinski definition) is 5. The second-order valence-electron chi connectivity index (χ2n) is 3.69. The van der Waals surface area contributed by atoms with E-state index in [-0.39, 0.29) is 18.4 Å². The third kappa shape index (κ3) is 3.83. The summed E-state index contributed by atoms with van der Waals surface area (Å²) in [5.41, 5.74) is 5.25. The zero-order chi connectivity index (χ0) is 12.9. The SMILES string of the molecule is CCOC(=O)N1CCN(S(=O)(=O)CCN)CC1. The van der Waals surface area contributed by atoms with Crippen molar-refractivity contribution < 1.29 is 17.9 Å². The van der Waals surface area contributed by atoms with Gasteiger partial charge in [0.1, 0.15) is 0 Å². The molecule has 8 heteroatoms. The van der Waals surface area contributed by atoms with Crippen LogP contribution in [0.1, 0.15) is 6.92 Å². The fraction of sp³-hybridized carbons (Fsp3) is 0.889. The van der Waals surface area contributed by atoms with Crippen LogP contribution in [-0.4, -0.2) is 68.8 Å². The van der Waals surface area contributed by atoms with Gasteiger partial charge in [0.15, 0.2) is 0 Å². The lowest BCUT2D eigenvalue weighted by atomic mass is 10.4. The molecule has 0 unspecified atom stereocenters. The number of amides is 1. The fourth-order valence-corrected chi connectivity index (χ4v) is 2.92. The minimum atomic E-state index is -3.27. The number of rotatable bonds is 4. The average molecular weight is 265 g/mol. The second-order valence-corrected chi connectivity index (χ2v) is 5.78. The van der Waals surface area contributed by atoms with E-state index in [0.717, 1.165) is 0 Å². The molecule has 100 valence electrons. The van der Waals surface area contributed by atoms with E-state index in [1.807, 2.05) is 0 Å². The molecule has 0 spiro atoms. The summed E-state index contributed by atoms with van der Waals surface area (Å²) in [6.07, 6.45) is -0.386. The molecule has 0 aliphatic carbocycles. The third-order valence-electron chi connectivity index (χ3n) is 2.53. The number of carbonyl (C=O) groups is 1. The first kappa shape index (κ1) is 14.2. The Morgan fingerprint density at radius 2 is 1.88 bits per heavy atom. The van der Waals surface area contributed by atoms with Gasteiger partial charge in [0.25, 0.3) is 0 Å². The van der Waals surface area contributed by atoms with E-state index in [4.69, 9.17) is 10.5 Å². The van der Waals surface area contributed by atoms with Gasteiger partial charge in [-0.15, -0.1) is 0 Å². The van der Waals surface area contributed by atoms with Crippen molar-refractivity contribution in [3.05, 3.63) is 0 Å². The fourth-order valence-electron chi connectivity index (χ4n) is 1.64. The minimum Gasteiger partial charge on any atom is -0.450 e. The zero-order valence-corrected chi connectivity index (χ0v) is 10.8. The zero-order valence-electron chi connectivity index (χ0n) is 9.96. The van der Waals surface area contributed by atoms with Crippen LogP contribution in [0.2, 0.25) is 0 Å². The van der Waals surface area contributed by atoms with Gasteiger partial charge in [-0.3, -0.25) is 0 Å². The van der Waals surface area contributed by atoms with Gasteiger partial charge in [0.2, 0.25) is 10.0 Å². The molecule has 1 fully saturated rings. The van der Waals surface area contributed by atoms with Crippen LogP contribution in [0.4, 0.5) is 4.79 Å². The number of carbonyl (C=O) groups excluding carboxylic acids is 1. The Morgan fingerprint density at radius 3 is 2.35 bits per heavy atom. The van der Waals surface area contributed by atoms with Crippen molar-refractivity contribution in [1.29, 1.82) is 0 Å². The molecule has 0 aromatic rings. The molecule has 2 N–H and O–H groups in total. The first-order valence-corrected chi connectivity index (χ1v) is 7.21. The highest BCUT2D eigenvalue weighted by molar-refractivity contribution is 7.89. The minimum absolute atomic E-state index is 0.0492. The van der Waals surface area contributed by atoms with Crippen LogP contribution in [-0.2, 0) is 14.8 Å². The number of piperazine rings is 1. The monoisotopic (exact) mass is 265 g/mol. The lowest BCUT2D eigenvalue weighted by Crippen LogP contribution is -2.51. The Labute approximate surface area is 102 Å². The van der Waals surface area contributed by atoms with E-state index in [1.165, 1.54) is 9.21 Å². The summed E-state index contributed by atoms with van der Waals surface area (Å²) in [7, 11) is -3.27. The number of nitrogens with zero attached hydrogens (tertiary/aromatic N) is 2. The molecule has 1 saturated heterocycles. The van der Waals surface area contributed by atoms with E-state index in [2.05, 4.69) is 0 Å². The molecule has 0 atom stereocenters. The van der Waals surface area contributed by atoms with Crippen LogP contribution in [0.25, 0.3) is 0 Å². The van der Waals surface area contributed by atoms with Gasteiger partial charge in [-0.25, -0.2) is 13.2 Å². The van der Waals surface area contributed by atoms with E-state index in [1.54, 1.807) is 6.92 Å². The molecule has 0 aromatic carbocycles. The number of sulfonamides is 1. The molecular formula is C9H19N3O4S. The number of ether oxygens (including phenoxy) is 1. The summed E-state index contributed by atoms with van der Waals surface area (Å²) in [6.45, 7) is 3.51.